The van der Waals surface area contributed by atoms with Gasteiger partial charge in [0.15, 0.2) is 5.69 Å². The number of hydrogen-bond donors (Lipinski definition) is 2. The zero-order chi connectivity index (χ0) is 15.5. The Hall–Kier alpha value is -1.57. The molecule has 2 heterocycles. The number of H-pyrrole nitrogens is 1. The van der Waals surface area contributed by atoms with Crippen LogP contribution < -0.4 is 5.32 Å². The molecule has 21 heavy (non-hydrogen) atoms. The second kappa shape index (κ2) is 6.46. The highest BCUT2D eigenvalue weighted by atomic mass is 19.4. The van der Waals surface area contributed by atoms with Crippen LogP contribution in [0.5, 0.6) is 0 Å². The molecule has 8 heteroatoms. The van der Waals surface area contributed by atoms with Crippen molar-refractivity contribution in [2.45, 2.75) is 31.4 Å². The molecule has 1 unspecified atom stereocenters. The standard InChI is InChI=1S/C13H19F3N4O/c1-17-5-4-12(21)20-6-2-3-9(8-20)10-7-11(19-18-10)13(14,15)16/h7,9,17H,2-6,8H2,1H3,(H,18,19). The maximum Gasteiger partial charge on any atom is 0.435 e. The SMILES string of the molecule is CNCCC(=O)N1CCCC(c2cc(C(F)(F)F)n[nH]2)C1. The number of aromatic amines is 1. The van der Waals surface area contributed by atoms with Crippen molar-refractivity contribution in [1.82, 2.24) is 20.4 Å². The second-order valence-corrected chi connectivity index (χ2v) is 5.24. The van der Waals surface area contributed by atoms with Crippen molar-refractivity contribution >= 4 is 5.91 Å². The topological polar surface area (TPSA) is 61.0 Å². The quantitative estimate of drug-likeness (QED) is 0.891. The number of hydrogen-bond acceptors (Lipinski definition) is 3. The smallest absolute Gasteiger partial charge is 0.342 e. The van der Waals surface area contributed by atoms with E-state index in [9.17, 15) is 18.0 Å². The summed E-state index contributed by atoms with van der Waals surface area (Å²) in [5, 5.41) is 8.69. The first-order chi connectivity index (χ1) is 9.91. The molecule has 1 saturated heterocycles. The third-order valence-electron chi connectivity index (χ3n) is 3.69. The molecule has 1 fully saturated rings. The Balaban J connectivity index is 2.00. The van der Waals surface area contributed by atoms with Gasteiger partial charge in [-0.3, -0.25) is 9.89 Å². The Morgan fingerprint density at radius 1 is 1.57 bits per heavy atom. The molecule has 0 spiro atoms. The number of rotatable bonds is 4. The largest absolute Gasteiger partial charge is 0.435 e. The van der Waals surface area contributed by atoms with Crippen LogP contribution in [-0.2, 0) is 11.0 Å². The van der Waals surface area contributed by atoms with Crippen molar-refractivity contribution in [1.29, 1.82) is 0 Å². The van der Waals surface area contributed by atoms with E-state index in [1.165, 1.54) is 0 Å². The monoisotopic (exact) mass is 304 g/mol. The van der Waals surface area contributed by atoms with Crippen LogP contribution in [0.15, 0.2) is 6.07 Å². The van der Waals surface area contributed by atoms with Crippen LogP contribution in [0.25, 0.3) is 0 Å². The van der Waals surface area contributed by atoms with Crippen LogP contribution in [-0.4, -0.2) is 47.7 Å². The van der Waals surface area contributed by atoms with Gasteiger partial charge in [-0.1, -0.05) is 0 Å². The number of piperidine rings is 1. The van der Waals surface area contributed by atoms with Crippen LogP contribution in [0, 0.1) is 0 Å². The summed E-state index contributed by atoms with van der Waals surface area (Å²) in [6, 6.07) is 1.05. The minimum absolute atomic E-state index is 0.0320. The summed E-state index contributed by atoms with van der Waals surface area (Å²) < 4.78 is 37.7. The number of nitrogens with zero attached hydrogens (tertiary/aromatic N) is 2. The van der Waals surface area contributed by atoms with Crippen molar-refractivity contribution in [3.8, 4) is 0 Å². The van der Waals surface area contributed by atoms with Crippen LogP contribution in [0.4, 0.5) is 13.2 Å². The molecule has 0 aromatic carbocycles. The maximum atomic E-state index is 12.6. The van der Waals surface area contributed by atoms with Crippen molar-refractivity contribution in [3.05, 3.63) is 17.5 Å². The van der Waals surface area contributed by atoms with Gasteiger partial charge in [-0.2, -0.15) is 18.3 Å². The molecule has 1 aromatic rings. The predicted octanol–water partition coefficient (Wildman–Crippen LogP) is 1.74. The Kier molecular flexibility index (Phi) is 4.87. The molecular weight excluding hydrogens is 285 g/mol. The number of halogens is 3. The summed E-state index contributed by atoms with van der Waals surface area (Å²) in [4.78, 5) is 13.7. The lowest BCUT2D eigenvalue weighted by Gasteiger charge is -2.32. The number of carbonyl (C=O) groups excluding carboxylic acids is 1. The van der Waals surface area contributed by atoms with Crippen LogP contribution in [0.1, 0.15) is 36.6 Å². The Morgan fingerprint density at radius 3 is 2.95 bits per heavy atom. The average Bonchev–Trinajstić information content (AvgIpc) is 2.95. The van der Waals surface area contributed by atoms with Gasteiger partial charge in [0.25, 0.3) is 0 Å². The van der Waals surface area contributed by atoms with E-state index in [4.69, 9.17) is 0 Å². The Morgan fingerprint density at radius 2 is 2.33 bits per heavy atom. The van der Waals surface area contributed by atoms with Gasteiger partial charge >= 0.3 is 6.18 Å². The third-order valence-corrected chi connectivity index (χ3v) is 3.69. The molecule has 2 N–H and O–H groups in total. The average molecular weight is 304 g/mol. The first kappa shape index (κ1) is 15.8. The van der Waals surface area contributed by atoms with E-state index in [1.807, 2.05) is 0 Å². The maximum absolute atomic E-state index is 12.6. The molecule has 1 aromatic heterocycles. The first-order valence-electron chi connectivity index (χ1n) is 6.96. The van der Waals surface area contributed by atoms with E-state index in [0.717, 1.165) is 18.9 Å². The molecule has 0 bridgehead atoms. The lowest BCUT2D eigenvalue weighted by atomic mass is 9.94. The molecule has 1 atom stereocenters. The number of nitrogens with one attached hydrogen (secondary N) is 2. The molecular formula is C13H19F3N4O. The molecule has 0 aliphatic carbocycles. The van der Waals surface area contributed by atoms with Crippen molar-refractivity contribution in [2.24, 2.45) is 0 Å². The first-order valence-corrected chi connectivity index (χ1v) is 6.96. The zero-order valence-corrected chi connectivity index (χ0v) is 11.8. The van der Waals surface area contributed by atoms with E-state index < -0.39 is 11.9 Å². The molecule has 1 aliphatic rings. The number of likely N-dealkylation sites (tertiary alicyclic amines) is 1. The van der Waals surface area contributed by atoms with Gasteiger partial charge in [0, 0.05) is 37.7 Å². The van der Waals surface area contributed by atoms with Crippen molar-refractivity contribution < 1.29 is 18.0 Å². The van der Waals surface area contributed by atoms with Crippen LogP contribution in [0.2, 0.25) is 0 Å². The van der Waals surface area contributed by atoms with Gasteiger partial charge in [-0.05, 0) is 26.0 Å². The lowest BCUT2D eigenvalue weighted by Crippen LogP contribution is -2.40. The van der Waals surface area contributed by atoms with E-state index >= 15 is 0 Å². The fraction of sp³-hybridized carbons (Fsp3) is 0.692. The predicted molar refractivity (Wildman–Crippen MR) is 70.7 cm³/mol. The molecule has 1 aliphatic heterocycles. The highest BCUT2D eigenvalue weighted by molar-refractivity contribution is 5.76. The van der Waals surface area contributed by atoms with E-state index in [-0.39, 0.29) is 11.8 Å². The number of carbonyl (C=O) groups is 1. The summed E-state index contributed by atoms with van der Waals surface area (Å²) in [5.41, 5.74) is -0.454. The fourth-order valence-corrected chi connectivity index (χ4v) is 2.54. The van der Waals surface area contributed by atoms with Gasteiger partial charge < -0.3 is 10.2 Å². The van der Waals surface area contributed by atoms with E-state index in [0.29, 0.717) is 31.7 Å². The summed E-state index contributed by atoms with van der Waals surface area (Å²) in [6.45, 7) is 1.71. The minimum atomic E-state index is -4.44. The number of aromatic nitrogens is 2. The molecule has 5 nitrogen and oxygen atoms in total. The van der Waals surface area contributed by atoms with Gasteiger partial charge in [0.05, 0.1) is 0 Å². The number of alkyl halides is 3. The Bertz CT molecular complexity index is 486. The van der Waals surface area contributed by atoms with Gasteiger partial charge in [-0.25, -0.2) is 0 Å². The van der Waals surface area contributed by atoms with E-state index in [1.54, 1.807) is 11.9 Å². The fourth-order valence-electron chi connectivity index (χ4n) is 2.54. The summed E-state index contributed by atoms with van der Waals surface area (Å²) in [6.07, 6.45) is -2.49. The normalized spacial score (nSPS) is 19.8. The van der Waals surface area contributed by atoms with Gasteiger partial charge in [-0.15, -0.1) is 0 Å². The van der Waals surface area contributed by atoms with Crippen molar-refractivity contribution in [2.75, 3.05) is 26.7 Å². The molecule has 2 rings (SSSR count). The zero-order valence-electron chi connectivity index (χ0n) is 11.8. The lowest BCUT2D eigenvalue weighted by molar-refractivity contribution is -0.141. The molecule has 0 radical (unpaired) electrons. The summed E-state index contributed by atoms with van der Waals surface area (Å²) >= 11 is 0. The van der Waals surface area contributed by atoms with Crippen molar-refractivity contribution in [3.63, 3.8) is 0 Å². The summed E-state index contributed by atoms with van der Waals surface area (Å²) in [7, 11) is 1.77. The minimum Gasteiger partial charge on any atom is -0.342 e. The Labute approximate surface area is 120 Å². The van der Waals surface area contributed by atoms with Crippen LogP contribution >= 0.6 is 0 Å². The van der Waals surface area contributed by atoms with Gasteiger partial charge in [0.2, 0.25) is 5.91 Å². The van der Waals surface area contributed by atoms with Gasteiger partial charge in [0.1, 0.15) is 0 Å². The molecule has 1 amide bonds. The van der Waals surface area contributed by atoms with Crippen LogP contribution in [0.3, 0.4) is 0 Å². The second-order valence-electron chi connectivity index (χ2n) is 5.24. The molecule has 118 valence electrons. The summed E-state index contributed by atoms with van der Waals surface area (Å²) in [5.74, 6) is -0.0782. The third kappa shape index (κ3) is 3.96. The number of amides is 1. The highest BCUT2D eigenvalue weighted by Gasteiger charge is 2.35. The molecule has 0 saturated carbocycles. The highest BCUT2D eigenvalue weighted by Crippen LogP contribution is 2.32. The van der Waals surface area contributed by atoms with E-state index in [2.05, 4.69) is 15.5 Å².